The first-order valence-corrected chi connectivity index (χ1v) is 17.0. The molecule has 0 amide bonds. The van der Waals surface area contributed by atoms with Gasteiger partial charge in [0.2, 0.25) is 0 Å². The number of hydrogen-bond donors (Lipinski definition) is 2. The number of halogens is 2. The molecule has 1 atom stereocenters. The number of imidazole rings is 1. The largest absolute Gasteiger partial charge is 0.463 e. The van der Waals surface area contributed by atoms with E-state index < -0.39 is 0 Å². The number of nitrogen functional groups attached to an aromatic ring is 1. The van der Waals surface area contributed by atoms with Crippen molar-refractivity contribution in [2.24, 2.45) is 0 Å². The second-order valence-electron chi connectivity index (χ2n) is 13.1. The van der Waals surface area contributed by atoms with Crippen LogP contribution in [0.1, 0.15) is 90.1 Å². The molecular formula is C31H55Cl2N9O2. The van der Waals surface area contributed by atoms with Crippen molar-refractivity contribution >= 4 is 41.8 Å². The number of aromatic amines is 1. The normalized spacial score (nSPS) is 22.8. The Morgan fingerprint density at radius 2 is 1.41 bits per heavy atom. The summed E-state index contributed by atoms with van der Waals surface area (Å²) >= 11 is 0. The van der Waals surface area contributed by atoms with Gasteiger partial charge < -0.3 is 15.5 Å². The highest BCUT2D eigenvalue weighted by atomic mass is 35.5. The molecular weight excluding hydrogens is 601 g/mol. The van der Waals surface area contributed by atoms with Crippen LogP contribution in [-0.4, -0.2) is 117 Å². The molecule has 1 unspecified atom stereocenters. The van der Waals surface area contributed by atoms with E-state index in [2.05, 4.69) is 36.5 Å². The van der Waals surface area contributed by atoms with Crippen LogP contribution in [0.5, 0.6) is 6.01 Å². The second-order valence-corrected chi connectivity index (χ2v) is 13.1. The Bertz CT molecular complexity index is 1200. The van der Waals surface area contributed by atoms with Crippen LogP contribution in [0.4, 0.5) is 5.82 Å². The molecule has 2 aliphatic heterocycles. The quantitative estimate of drug-likeness (QED) is 0.365. The summed E-state index contributed by atoms with van der Waals surface area (Å²) in [5.74, 6) is 0.268. The highest BCUT2D eigenvalue weighted by Crippen LogP contribution is 2.28. The third-order valence-electron chi connectivity index (χ3n) is 10.4. The molecule has 4 aliphatic rings. The molecule has 4 heterocycles. The van der Waals surface area contributed by atoms with E-state index in [1.54, 1.807) is 0 Å². The fourth-order valence-corrected chi connectivity index (χ4v) is 7.85. The zero-order chi connectivity index (χ0) is 28.9. The summed E-state index contributed by atoms with van der Waals surface area (Å²) in [4.78, 5) is 36.2. The zero-order valence-electron chi connectivity index (χ0n) is 26.6. The molecule has 250 valence electrons. The monoisotopic (exact) mass is 655 g/mol. The van der Waals surface area contributed by atoms with E-state index in [-0.39, 0.29) is 48.5 Å². The standard InChI is InChI=1S/C31H53N9O2.2ClH/c1-2-3-22-42-30-34-28(32)27-29(35-30)40(31(41)33-27)26(39-20-18-38(19-21-39)25-12-8-5-9-13-25)23-36-14-16-37(17-15-36)24-10-6-4-7-11-24;;/h24-26H,2-23H2,1H3,(H,33,41)(H2,32,34,35);2*1H. The highest BCUT2D eigenvalue weighted by molar-refractivity contribution is 5.85. The van der Waals surface area contributed by atoms with E-state index in [0.29, 0.717) is 17.8 Å². The Morgan fingerprint density at radius 3 is 1.98 bits per heavy atom. The average molecular weight is 657 g/mol. The summed E-state index contributed by atoms with van der Waals surface area (Å²) in [5, 5.41) is 0. The molecule has 0 spiro atoms. The van der Waals surface area contributed by atoms with Crippen LogP contribution in [0.25, 0.3) is 11.2 Å². The lowest BCUT2D eigenvalue weighted by atomic mass is 9.93. The van der Waals surface area contributed by atoms with E-state index in [0.717, 1.165) is 83.8 Å². The molecule has 11 nitrogen and oxygen atoms in total. The molecule has 0 aromatic carbocycles. The maximum absolute atomic E-state index is 13.6. The van der Waals surface area contributed by atoms with Gasteiger partial charge in [0.25, 0.3) is 0 Å². The van der Waals surface area contributed by atoms with Gasteiger partial charge in [0.1, 0.15) is 11.7 Å². The average Bonchev–Trinajstić information content (AvgIpc) is 3.37. The van der Waals surface area contributed by atoms with Gasteiger partial charge in [-0.05, 0) is 32.1 Å². The van der Waals surface area contributed by atoms with Gasteiger partial charge in [0.05, 0.1) is 6.61 Å². The number of H-pyrrole nitrogens is 1. The van der Waals surface area contributed by atoms with Gasteiger partial charge in [0, 0.05) is 71.0 Å². The van der Waals surface area contributed by atoms with Crippen LogP contribution in [0, 0.1) is 0 Å². The zero-order valence-corrected chi connectivity index (χ0v) is 28.3. The third-order valence-corrected chi connectivity index (χ3v) is 10.4. The van der Waals surface area contributed by atoms with Crippen molar-refractivity contribution in [3.8, 4) is 6.01 Å². The fourth-order valence-electron chi connectivity index (χ4n) is 7.85. The third kappa shape index (κ3) is 8.20. The Morgan fingerprint density at radius 1 is 0.841 bits per heavy atom. The number of piperazine rings is 2. The summed E-state index contributed by atoms with van der Waals surface area (Å²) in [6.45, 7) is 11.7. The fraction of sp³-hybridized carbons (Fsp3) is 0.839. The number of nitrogens with two attached hydrogens (primary N) is 1. The SMILES string of the molecule is CCCCOc1nc(N)c2[nH]c(=O)n(C(CN3CCN(C4CCCCC4)CC3)N3CCN(C4CCCCC4)CC3)c2n1.Cl.Cl. The summed E-state index contributed by atoms with van der Waals surface area (Å²) in [7, 11) is 0. The summed E-state index contributed by atoms with van der Waals surface area (Å²) in [5.41, 5.74) is 7.24. The predicted octanol–water partition coefficient (Wildman–Crippen LogP) is 4.12. The molecule has 13 heteroatoms. The van der Waals surface area contributed by atoms with E-state index in [9.17, 15) is 4.79 Å². The van der Waals surface area contributed by atoms with E-state index >= 15 is 0 Å². The smallest absolute Gasteiger partial charge is 0.329 e. The van der Waals surface area contributed by atoms with Crippen molar-refractivity contribution < 1.29 is 4.74 Å². The summed E-state index contributed by atoms with van der Waals surface area (Å²) < 4.78 is 7.71. The van der Waals surface area contributed by atoms with Crippen molar-refractivity contribution in [3.63, 3.8) is 0 Å². The first-order chi connectivity index (χ1) is 20.6. The van der Waals surface area contributed by atoms with E-state index in [4.69, 9.17) is 15.5 Å². The lowest BCUT2D eigenvalue weighted by molar-refractivity contribution is 0.00685. The van der Waals surface area contributed by atoms with Crippen LogP contribution in [0.3, 0.4) is 0 Å². The molecule has 2 aliphatic carbocycles. The molecule has 44 heavy (non-hydrogen) atoms. The van der Waals surface area contributed by atoms with Crippen LogP contribution in [0.2, 0.25) is 0 Å². The molecule has 2 saturated heterocycles. The van der Waals surface area contributed by atoms with E-state index in [1.165, 1.54) is 64.2 Å². The Balaban J connectivity index is 0.00000221. The Kier molecular flexibility index (Phi) is 13.4. The predicted molar refractivity (Wildman–Crippen MR) is 181 cm³/mol. The molecule has 2 saturated carbocycles. The number of anilines is 1. The lowest BCUT2D eigenvalue weighted by Crippen LogP contribution is -2.57. The molecule has 4 fully saturated rings. The Hall–Kier alpha value is -1.63. The van der Waals surface area contributed by atoms with Crippen molar-refractivity contribution in [2.75, 3.05) is 71.2 Å². The lowest BCUT2D eigenvalue weighted by Gasteiger charge is -2.45. The summed E-state index contributed by atoms with van der Waals surface area (Å²) in [6, 6.07) is 1.73. The molecule has 3 N–H and O–H groups in total. The number of aromatic nitrogens is 4. The van der Waals surface area contributed by atoms with Gasteiger partial charge in [-0.25, -0.2) is 4.79 Å². The van der Waals surface area contributed by atoms with Gasteiger partial charge in [0.15, 0.2) is 11.5 Å². The molecule has 2 aromatic heterocycles. The number of ether oxygens (including phenoxy) is 1. The molecule has 2 aromatic rings. The second kappa shape index (κ2) is 16.8. The van der Waals surface area contributed by atoms with Crippen LogP contribution in [0.15, 0.2) is 4.79 Å². The molecule has 0 radical (unpaired) electrons. The van der Waals surface area contributed by atoms with E-state index in [1.807, 2.05) is 4.57 Å². The minimum Gasteiger partial charge on any atom is -0.463 e. The number of hydrogen-bond acceptors (Lipinski definition) is 9. The number of fused-ring (bicyclic) bond motifs is 1. The van der Waals surface area contributed by atoms with Gasteiger partial charge in [-0.15, -0.1) is 24.8 Å². The van der Waals surface area contributed by atoms with Crippen molar-refractivity contribution in [2.45, 2.75) is 102 Å². The maximum atomic E-state index is 13.6. The minimum atomic E-state index is -0.169. The Labute approximate surface area is 275 Å². The van der Waals surface area contributed by atoms with Gasteiger partial charge in [-0.3, -0.25) is 24.2 Å². The van der Waals surface area contributed by atoms with Crippen LogP contribution < -0.4 is 16.2 Å². The van der Waals surface area contributed by atoms with Gasteiger partial charge in [-0.2, -0.15) is 9.97 Å². The molecule has 6 rings (SSSR count). The first-order valence-electron chi connectivity index (χ1n) is 17.0. The van der Waals surface area contributed by atoms with Gasteiger partial charge >= 0.3 is 11.7 Å². The van der Waals surface area contributed by atoms with Crippen molar-refractivity contribution in [1.29, 1.82) is 0 Å². The van der Waals surface area contributed by atoms with Crippen LogP contribution in [-0.2, 0) is 0 Å². The van der Waals surface area contributed by atoms with Crippen molar-refractivity contribution in [3.05, 3.63) is 10.5 Å². The number of nitrogens with zero attached hydrogens (tertiary/aromatic N) is 7. The highest BCUT2D eigenvalue weighted by Gasteiger charge is 2.34. The first kappa shape index (κ1) is 35.2. The molecule has 0 bridgehead atoms. The van der Waals surface area contributed by atoms with Crippen molar-refractivity contribution in [1.82, 2.24) is 39.1 Å². The number of nitrogens with one attached hydrogen (secondary N) is 1. The summed E-state index contributed by atoms with van der Waals surface area (Å²) in [6.07, 6.45) is 15.4. The van der Waals surface area contributed by atoms with Gasteiger partial charge in [-0.1, -0.05) is 51.9 Å². The maximum Gasteiger partial charge on any atom is 0.329 e. The topological polar surface area (TPSA) is 112 Å². The number of unbranched alkanes of at least 4 members (excludes halogenated alkanes) is 1. The minimum absolute atomic E-state index is 0. The number of rotatable bonds is 10. The van der Waals surface area contributed by atoms with Crippen LogP contribution >= 0.6 is 24.8 Å².